The van der Waals surface area contributed by atoms with Gasteiger partial charge in [0.05, 0.1) is 16.9 Å². The first-order valence-corrected chi connectivity index (χ1v) is 8.30. The van der Waals surface area contributed by atoms with Crippen molar-refractivity contribution in [1.82, 2.24) is 14.8 Å². The molecule has 0 radical (unpaired) electrons. The van der Waals surface area contributed by atoms with Crippen LogP contribution < -0.4 is 4.74 Å². The van der Waals surface area contributed by atoms with E-state index >= 15 is 0 Å². The number of carbonyl (C=O) groups excluding carboxylic acids is 1. The Labute approximate surface area is 150 Å². The molecule has 5 heteroatoms. The maximum atomic E-state index is 12.4. The fourth-order valence-electron chi connectivity index (χ4n) is 2.92. The molecule has 0 saturated carbocycles. The van der Waals surface area contributed by atoms with E-state index in [0.717, 1.165) is 27.8 Å². The van der Waals surface area contributed by atoms with Crippen molar-refractivity contribution in [2.45, 2.75) is 13.8 Å². The van der Waals surface area contributed by atoms with Crippen molar-refractivity contribution in [3.63, 3.8) is 0 Å². The van der Waals surface area contributed by atoms with Crippen LogP contribution in [0, 0.1) is 13.8 Å². The van der Waals surface area contributed by atoms with E-state index in [1.807, 2.05) is 54.9 Å². The fourth-order valence-corrected chi connectivity index (χ4v) is 2.92. The number of fused-ring (bicyclic) bond motifs is 1. The molecule has 0 saturated heterocycles. The second-order valence-corrected chi connectivity index (χ2v) is 6.16. The van der Waals surface area contributed by atoms with Crippen molar-refractivity contribution in [2.24, 2.45) is 0 Å². The van der Waals surface area contributed by atoms with Crippen LogP contribution in [0.2, 0.25) is 0 Å². The largest absolute Gasteiger partial charge is 0.423 e. The summed E-state index contributed by atoms with van der Waals surface area (Å²) in [6.07, 6.45) is 3.48. The Morgan fingerprint density at radius 1 is 0.962 bits per heavy atom. The van der Waals surface area contributed by atoms with Crippen LogP contribution in [0.4, 0.5) is 0 Å². The molecular formula is C21H17N3O2. The van der Waals surface area contributed by atoms with Crippen LogP contribution in [0.15, 0.2) is 67.0 Å². The summed E-state index contributed by atoms with van der Waals surface area (Å²) in [4.78, 5) is 16.5. The molecule has 0 unspecified atom stereocenters. The molecule has 26 heavy (non-hydrogen) atoms. The summed E-state index contributed by atoms with van der Waals surface area (Å²) < 4.78 is 7.34. The van der Waals surface area contributed by atoms with Crippen molar-refractivity contribution < 1.29 is 9.53 Å². The zero-order valence-corrected chi connectivity index (χ0v) is 14.5. The number of aromatic nitrogens is 3. The second-order valence-electron chi connectivity index (χ2n) is 6.16. The van der Waals surface area contributed by atoms with Crippen LogP contribution in [0.5, 0.6) is 5.75 Å². The zero-order valence-electron chi connectivity index (χ0n) is 14.5. The first-order chi connectivity index (χ1) is 12.6. The van der Waals surface area contributed by atoms with Gasteiger partial charge < -0.3 is 4.74 Å². The van der Waals surface area contributed by atoms with Crippen molar-refractivity contribution >= 4 is 16.7 Å². The van der Waals surface area contributed by atoms with Gasteiger partial charge in [-0.1, -0.05) is 6.07 Å². The Hall–Kier alpha value is -3.47. The van der Waals surface area contributed by atoms with E-state index in [-0.39, 0.29) is 0 Å². The highest BCUT2D eigenvalue weighted by molar-refractivity contribution is 5.92. The number of esters is 1. The molecule has 0 N–H and O–H groups in total. The van der Waals surface area contributed by atoms with Crippen molar-refractivity contribution in [3.05, 3.63) is 83.9 Å². The van der Waals surface area contributed by atoms with Gasteiger partial charge in [-0.3, -0.25) is 4.98 Å². The van der Waals surface area contributed by atoms with Gasteiger partial charge in [0, 0.05) is 23.5 Å². The summed E-state index contributed by atoms with van der Waals surface area (Å²) in [5, 5.41) is 6.42. The van der Waals surface area contributed by atoms with Gasteiger partial charge in [0.25, 0.3) is 0 Å². The minimum atomic E-state index is -0.395. The number of benzene rings is 2. The van der Waals surface area contributed by atoms with Crippen LogP contribution in [-0.4, -0.2) is 20.7 Å². The summed E-state index contributed by atoms with van der Waals surface area (Å²) in [5.41, 5.74) is 3.39. The molecule has 2 aromatic carbocycles. The molecule has 4 rings (SSSR count). The molecule has 0 bridgehead atoms. The van der Waals surface area contributed by atoms with Crippen molar-refractivity contribution in [3.8, 4) is 11.4 Å². The van der Waals surface area contributed by atoms with Crippen LogP contribution in [0.1, 0.15) is 21.7 Å². The zero-order chi connectivity index (χ0) is 18.1. The second kappa shape index (κ2) is 6.44. The molecule has 0 aliphatic rings. The molecule has 2 heterocycles. The SMILES string of the molecule is Cc1cc(C)n(-c2ccc(C(=O)Oc3ccc4ccncc4c3)cc2)n1. The number of aryl methyl sites for hydroxylation is 2. The minimum Gasteiger partial charge on any atom is -0.423 e. The highest BCUT2D eigenvalue weighted by atomic mass is 16.5. The van der Waals surface area contributed by atoms with Crippen molar-refractivity contribution in [1.29, 1.82) is 0 Å². The Morgan fingerprint density at radius 2 is 1.77 bits per heavy atom. The molecule has 0 spiro atoms. The molecular weight excluding hydrogens is 326 g/mol. The first-order valence-electron chi connectivity index (χ1n) is 8.30. The van der Waals surface area contributed by atoms with E-state index in [9.17, 15) is 4.79 Å². The molecule has 0 amide bonds. The number of carbonyl (C=O) groups is 1. The number of hydrogen-bond acceptors (Lipinski definition) is 4. The van der Waals surface area contributed by atoms with Gasteiger partial charge in [0.15, 0.2) is 0 Å². The third kappa shape index (κ3) is 3.07. The molecule has 128 valence electrons. The molecule has 4 aromatic rings. The van der Waals surface area contributed by atoms with Crippen molar-refractivity contribution in [2.75, 3.05) is 0 Å². The van der Waals surface area contributed by atoms with Crippen LogP contribution in [0.3, 0.4) is 0 Å². The Bertz CT molecular complexity index is 1100. The Balaban J connectivity index is 1.55. The van der Waals surface area contributed by atoms with E-state index in [1.54, 1.807) is 30.6 Å². The normalized spacial score (nSPS) is 10.8. The summed E-state index contributed by atoms with van der Waals surface area (Å²) in [5.74, 6) is 0.103. The first kappa shape index (κ1) is 16.0. The Morgan fingerprint density at radius 3 is 2.50 bits per heavy atom. The molecule has 0 aliphatic heterocycles. The lowest BCUT2D eigenvalue weighted by Crippen LogP contribution is -2.09. The number of hydrogen-bond donors (Lipinski definition) is 0. The van der Waals surface area contributed by atoms with Gasteiger partial charge in [-0.25, -0.2) is 9.48 Å². The lowest BCUT2D eigenvalue weighted by atomic mass is 10.1. The molecule has 2 aromatic heterocycles. The van der Waals surface area contributed by atoms with Gasteiger partial charge >= 0.3 is 5.97 Å². The van der Waals surface area contributed by atoms with Gasteiger partial charge in [-0.15, -0.1) is 0 Å². The predicted octanol–water partition coefficient (Wildman–Crippen LogP) is 4.26. The monoisotopic (exact) mass is 343 g/mol. The third-order valence-electron chi connectivity index (χ3n) is 4.18. The van der Waals surface area contributed by atoms with E-state index in [4.69, 9.17) is 4.74 Å². The summed E-state index contributed by atoms with van der Waals surface area (Å²) in [6.45, 7) is 3.95. The maximum absolute atomic E-state index is 12.4. The van der Waals surface area contributed by atoms with E-state index < -0.39 is 5.97 Å². The van der Waals surface area contributed by atoms with E-state index in [2.05, 4.69) is 10.1 Å². The molecule has 5 nitrogen and oxygen atoms in total. The summed E-state index contributed by atoms with van der Waals surface area (Å²) in [6, 6.07) is 16.6. The lowest BCUT2D eigenvalue weighted by Gasteiger charge is -2.07. The summed E-state index contributed by atoms with van der Waals surface area (Å²) >= 11 is 0. The fraction of sp³-hybridized carbons (Fsp3) is 0.0952. The maximum Gasteiger partial charge on any atom is 0.343 e. The quantitative estimate of drug-likeness (QED) is 0.412. The number of ether oxygens (including phenoxy) is 1. The summed E-state index contributed by atoms with van der Waals surface area (Å²) in [7, 11) is 0. The van der Waals surface area contributed by atoms with Gasteiger partial charge in [0.1, 0.15) is 5.75 Å². The molecule has 0 fully saturated rings. The van der Waals surface area contributed by atoms with Gasteiger partial charge in [-0.2, -0.15) is 5.10 Å². The highest BCUT2D eigenvalue weighted by Gasteiger charge is 2.10. The average molecular weight is 343 g/mol. The third-order valence-corrected chi connectivity index (χ3v) is 4.18. The number of pyridine rings is 1. The number of rotatable bonds is 3. The minimum absolute atomic E-state index is 0.395. The van der Waals surface area contributed by atoms with Crippen LogP contribution >= 0.6 is 0 Å². The van der Waals surface area contributed by atoms with Crippen LogP contribution in [0.25, 0.3) is 16.5 Å². The standard InChI is InChI=1S/C21H17N3O2/c1-14-11-15(2)24(23-14)19-6-3-17(4-7-19)21(25)26-20-8-5-16-9-10-22-13-18(16)12-20/h3-13H,1-2H3. The molecule has 0 aliphatic carbocycles. The topological polar surface area (TPSA) is 57.0 Å². The Kier molecular flexibility index (Phi) is 3.97. The highest BCUT2D eigenvalue weighted by Crippen LogP contribution is 2.21. The predicted molar refractivity (Wildman–Crippen MR) is 99.7 cm³/mol. The molecule has 0 atom stereocenters. The van der Waals surface area contributed by atoms with Gasteiger partial charge in [-0.05, 0) is 67.8 Å². The van der Waals surface area contributed by atoms with E-state index in [1.165, 1.54) is 0 Å². The van der Waals surface area contributed by atoms with Gasteiger partial charge in [0.2, 0.25) is 0 Å². The lowest BCUT2D eigenvalue weighted by molar-refractivity contribution is 0.0735. The number of nitrogens with zero attached hydrogens (tertiary/aromatic N) is 3. The average Bonchev–Trinajstić information content (AvgIpc) is 3.00. The smallest absolute Gasteiger partial charge is 0.343 e. The van der Waals surface area contributed by atoms with Crippen LogP contribution in [-0.2, 0) is 0 Å². The van der Waals surface area contributed by atoms with E-state index in [0.29, 0.717) is 11.3 Å².